The van der Waals surface area contributed by atoms with Gasteiger partial charge in [0.1, 0.15) is 5.75 Å². The third kappa shape index (κ3) is 4.74. The summed E-state index contributed by atoms with van der Waals surface area (Å²) >= 11 is 0. The first-order chi connectivity index (χ1) is 16.8. The number of nitrogens with one attached hydrogen (secondary N) is 1. The molecule has 0 saturated carbocycles. The summed E-state index contributed by atoms with van der Waals surface area (Å²) in [5.41, 5.74) is 4.30. The van der Waals surface area contributed by atoms with Crippen molar-refractivity contribution in [3.05, 3.63) is 65.7 Å². The van der Waals surface area contributed by atoms with Crippen molar-refractivity contribution in [1.29, 1.82) is 0 Å². The van der Waals surface area contributed by atoms with Crippen molar-refractivity contribution < 1.29 is 22.6 Å². The smallest absolute Gasteiger partial charge is 0.264 e. The van der Waals surface area contributed by atoms with Gasteiger partial charge in [0, 0.05) is 35.0 Å². The van der Waals surface area contributed by atoms with Crippen LogP contribution in [0.25, 0.3) is 21.8 Å². The average Bonchev–Trinajstić information content (AvgIpc) is 3.25. The molecule has 0 aliphatic heterocycles. The summed E-state index contributed by atoms with van der Waals surface area (Å²) < 4.78 is 46.3. The van der Waals surface area contributed by atoms with E-state index in [1.807, 2.05) is 52.0 Å². The van der Waals surface area contributed by atoms with E-state index in [2.05, 4.69) is 4.98 Å². The highest BCUT2D eigenvalue weighted by Gasteiger charge is 2.30. The van der Waals surface area contributed by atoms with E-state index >= 15 is 0 Å². The molecule has 0 bridgehead atoms. The standard InChI is InChI=1S/C27H32N2O5S/c1-6-33-25(34-7-2)17-29(35(30,31)21-11-9-8-10-12-21)24-15-18(3)27-26(19(24)4)22-16-20(32-5)13-14-23(22)28-27/h8-16,25,28H,6-7,17H2,1-5H3. The second kappa shape index (κ2) is 10.3. The zero-order chi connectivity index (χ0) is 25.2. The molecule has 0 fully saturated rings. The van der Waals surface area contributed by atoms with Gasteiger partial charge in [-0.2, -0.15) is 0 Å². The fourth-order valence-electron chi connectivity index (χ4n) is 4.46. The minimum atomic E-state index is -3.90. The van der Waals surface area contributed by atoms with Crippen molar-refractivity contribution in [1.82, 2.24) is 4.98 Å². The molecule has 4 aromatic rings. The lowest BCUT2D eigenvalue weighted by Gasteiger charge is -2.30. The topological polar surface area (TPSA) is 80.9 Å². The van der Waals surface area contributed by atoms with Crippen molar-refractivity contribution in [3.8, 4) is 5.75 Å². The molecule has 7 nitrogen and oxygen atoms in total. The first-order valence-electron chi connectivity index (χ1n) is 11.7. The largest absolute Gasteiger partial charge is 0.497 e. The zero-order valence-electron chi connectivity index (χ0n) is 20.8. The Labute approximate surface area is 206 Å². The highest BCUT2D eigenvalue weighted by atomic mass is 32.2. The lowest BCUT2D eigenvalue weighted by atomic mass is 10.0. The van der Waals surface area contributed by atoms with Crippen molar-refractivity contribution in [3.63, 3.8) is 0 Å². The van der Waals surface area contributed by atoms with Crippen molar-refractivity contribution >= 4 is 37.5 Å². The molecule has 0 radical (unpaired) electrons. The number of nitrogens with zero attached hydrogens (tertiary/aromatic N) is 1. The number of hydrogen-bond acceptors (Lipinski definition) is 5. The van der Waals surface area contributed by atoms with E-state index in [9.17, 15) is 8.42 Å². The van der Waals surface area contributed by atoms with Crippen LogP contribution < -0.4 is 9.04 Å². The van der Waals surface area contributed by atoms with Crippen molar-refractivity contribution in [2.75, 3.05) is 31.2 Å². The van der Waals surface area contributed by atoms with E-state index in [0.29, 0.717) is 18.9 Å². The maximum absolute atomic E-state index is 14.0. The number of rotatable bonds is 10. The number of anilines is 1. The number of benzene rings is 3. The van der Waals surface area contributed by atoms with Crippen LogP contribution in [-0.4, -0.2) is 46.6 Å². The molecular formula is C27H32N2O5S. The van der Waals surface area contributed by atoms with Gasteiger partial charge >= 0.3 is 0 Å². The van der Waals surface area contributed by atoms with Crippen molar-refractivity contribution in [2.45, 2.75) is 38.9 Å². The van der Waals surface area contributed by atoms with E-state index in [0.717, 1.165) is 38.7 Å². The van der Waals surface area contributed by atoms with E-state index in [4.69, 9.17) is 14.2 Å². The van der Waals surface area contributed by atoms with Crippen molar-refractivity contribution in [2.24, 2.45) is 0 Å². The summed E-state index contributed by atoms with van der Waals surface area (Å²) in [4.78, 5) is 3.70. The average molecular weight is 497 g/mol. The first kappa shape index (κ1) is 25.0. The minimum Gasteiger partial charge on any atom is -0.497 e. The molecule has 0 saturated heterocycles. The van der Waals surface area contributed by atoms with Crippen LogP contribution in [0.5, 0.6) is 5.75 Å². The summed E-state index contributed by atoms with van der Waals surface area (Å²) in [5.74, 6) is 0.738. The van der Waals surface area contributed by atoms with Crippen LogP contribution in [0.3, 0.4) is 0 Å². The van der Waals surface area contributed by atoms with Gasteiger partial charge in [-0.3, -0.25) is 4.31 Å². The van der Waals surface area contributed by atoms with Gasteiger partial charge in [-0.05, 0) is 75.2 Å². The fourth-order valence-corrected chi connectivity index (χ4v) is 5.98. The van der Waals surface area contributed by atoms with E-state index in [-0.39, 0.29) is 11.4 Å². The van der Waals surface area contributed by atoms with Gasteiger partial charge in [-0.25, -0.2) is 8.42 Å². The number of methoxy groups -OCH3 is 1. The Morgan fingerprint density at radius 3 is 2.29 bits per heavy atom. The van der Waals surface area contributed by atoms with Gasteiger partial charge in [0.15, 0.2) is 6.29 Å². The third-order valence-electron chi connectivity index (χ3n) is 6.13. The lowest BCUT2D eigenvalue weighted by molar-refractivity contribution is -0.128. The maximum atomic E-state index is 14.0. The number of aromatic nitrogens is 1. The number of ether oxygens (including phenoxy) is 3. The molecule has 0 aliphatic carbocycles. The van der Waals surface area contributed by atoms with Crippen LogP contribution in [0.2, 0.25) is 0 Å². The molecule has 1 heterocycles. The van der Waals surface area contributed by atoms with E-state index < -0.39 is 16.3 Å². The molecule has 0 aliphatic rings. The molecule has 4 rings (SSSR count). The maximum Gasteiger partial charge on any atom is 0.264 e. The Kier molecular flexibility index (Phi) is 7.35. The van der Waals surface area contributed by atoms with E-state index in [1.165, 1.54) is 4.31 Å². The zero-order valence-corrected chi connectivity index (χ0v) is 21.6. The Balaban J connectivity index is 1.97. The highest BCUT2D eigenvalue weighted by Crippen LogP contribution is 2.39. The fraction of sp³-hybridized carbons (Fsp3) is 0.333. The van der Waals surface area contributed by atoms with Crippen LogP contribution in [0.1, 0.15) is 25.0 Å². The molecule has 186 valence electrons. The molecule has 8 heteroatoms. The molecule has 0 spiro atoms. The number of aryl methyl sites for hydroxylation is 2. The predicted molar refractivity (Wildman–Crippen MR) is 140 cm³/mol. The first-order valence-corrected chi connectivity index (χ1v) is 13.2. The number of H-pyrrole nitrogens is 1. The highest BCUT2D eigenvalue weighted by molar-refractivity contribution is 7.92. The molecule has 1 N–H and O–H groups in total. The van der Waals surface area contributed by atoms with Gasteiger partial charge in [0.05, 0.1) is 24.2 Å². The lowest BCUT2D eigenvalue weighted by Crippen LogP contribution is -2.40. The molecule has 0 amide bonds. The van der Waals surface area contributed by atoms with Gasteiger partial charge in [0.2, 0.25) is 0 Å². The van der Waals surface area contributed by atoms with Crippen LogP contribution in [0, 0.1) is 13.8 Å². The number of fused-ring (bicyclic) bond motifs is 3. The Bertz CT molecular complexity index is 1420. The second-order valence-corrected chi connectivity index (χ2v) is 10.2. The third-order valence-corrected chi connectivity index (χ3v) is 7.93. The Hall–Kier alpha value is -3.07. The normalized spacial score (nSPS) is 12.1. The quantitative estimate of drug-likeness (QED) is 0.292. The second-order valence-electron chi connectivity index (χ2n) is 8.31. The van der Waals surface area contributed by atoms with Gasteiger partial charge < -0.3 is 19.2 Å². The number of sulfonamides is 1. The van der Waals surface area contributed by atoms with Crippen LogP contribution in [0.15, 0.2) is 59.5 Å². The van der Waals surface area contributed by atoms with Gasteiger partial charge in [-0.15, -0.1) is 0 Å². The SMILES string of the molecule is CCOC(CN(c1cc(C)c2[nH]c3ccc(OC)cc3c2c1C)S(=O)(=O)c1ccccc1)OCC. The minimum absolute atomic E-state index is 0.0242. The molecule has 35 heavy (non-hydrogen) atoms. The molecule has 1 aromatic heterocycles. The predicted octanol–water partition coefficient (Wildman–Crippen LogP) is 5.54. The van der Waals surface area contributed by atoms with Gasteiger partial charge in [0.25, 0.3) is 10.0 Å². The van der Waals surface area contributed by atoms with Crippen LogP contribution in [-0.2, 0) is 19.5 Å². The summed E-state index contributed by atoms with van der Waals surface area (Å²) in [5, 5.41) is 1.94. The molecule has 3 aromatic carbocycles. The molecular weight excluding hydrogens is 464 g/mol. The monoisotopic (exact) mass is 496 g/mol. The number of hydrogen-bond donors (Lipinski definition) is 1. The molecule has 0 unspecified atom stereocenters. The molecule has 0 atom stereocenters. The summed E-state index contributed by atoms with van der Waals surface area (Å²) in [7, 11) is -2.27. The summed E-state index contributed by atoms with van der Waals surface area (Å²) in [6.45, 7) is 8.50. The number of aromatic amines is 1. The van der Waals surface area contributed by atoms with Crippen LogP contribution >= 0.6 is 0 Å². The summed E-state index contributed by atoms with van der Waals surface area (Å²) in [6, 6.07) is 16.2. The van der Waals surface area contributed by atoms with Crippen LogP contribution in [0.4, 0.5) is 5.69 Å². The van der Waals surface area contributed by atoms with Gasteiger partial charge in [-0.1, -0.05) is 18.2 Å². The Morgan fingerprint density at radius 1 is 0.971 bits per heavy atom. The summed E-state index contributed by atoms with van der Waals surface area (Å²) in [6.07, 6.45) is -0.707. The van der Waals surface area contributed by atoms with E-state index in [1.54, 1.807) is 37.4 Å². The Morgan fingerprint density at radius 2 is 1.66 bits per heavy atom.